The maximum atomic E-state index is 11.1. The zero-order valence-electron chi connectivity index (χ0n) is 11.7. The van der Waals surface area contributed by atoms with E-state index in [1.807, 2.05) is 0 Å². The maximum Gasteiger partial charge on any atom is 0.306 e. The molecule has 3 aliphatic rings. The molecule has 2 N–H and O–H groups in total. The number of nitrogens with two attached hydrogens (primary N) is 1. The fourth-order valence-corrected chi connectivity index (χ4v) is 3.22. The zero-order chi connectivity index (χ0) is 14.2. The molecule has 20 heavy (non-hydrogen) atoms. The van der Waals surface area contributed by atoms with Gasteiger partial charge in [-0.3, -0.25) is 4.79 Å². The minimum Gasteiger partial charge on any atom is -0.469 e. The summed E-state index contributed by atoms with van der Waals surface area (Å²) in [4.78, 5) is 17.9. The van der Waals surface area contributed by atoms with E-state index in [4.69, 9.17) is 10.3 Å². The Kier molecular flexibility index (Phi) is 3.47. The summed E-state index contributed by atoms with van der Waals surface area (Å²) in [6.07, 6.45) is 2.81. The van der Waals surface area contributed by atoms with E-state index < -0.39 is 5.54 Å². The predicted molar refractivity (Wildman–Crippen MR) is 69.7 cm³/mol. The molecule has 7 nitrogen and oxygen atoms in total. The first kappa shape index (κ1) is 13.5. The molecule has 7 heteroatoms. The molecule has 3 saturated heterocycles. The van der Waals surface area contributed by atoms with E-state index in [1.165, 1.54) is 7.11 Å². The number of piperidine rings is 3. The van der Waals surface area contributed by atoms with Gasteiger partial charge in [-0.1, -0.05) is 5.16 Å². The normalized spacial score (nSPS) is 32.3. The molecule has 0 saturated carbocycles. The summed E-state index contributed by atoms with van der Waals surface area (Å²) in [5.41, 5.74) is 6.03. The molecule has 2 bridgehead atoms. The summed E-state index contributed by atoms with van der Waals surface area (Å²) in [7, 11) is 1.36. The van der Waals surface area contributed by atoms with Gasteiger partial charge in [0.1, 0.15) is 0 Å². The molecule has 1 aromatic heterocycles. The fourth-order valence-electron chi connectivity index (χ4n) is 3.22. The second-order valence-corrected chi connectivity index (χ2v) is 5.68. The molecule has 1 unspecified atom stereocenters. The quantitative estimate of drug-likeness (QED) is 0.779. The number of hydrogen-bond acceptors (Lipinski definition) is 7. The van der Waals surface area contributed by atoms with Gasteiger partial charge in [-0.15, -0.1) is 0 Å². The number of carbonyl (C=O) groups is 1. The van der Waals surface area contributed by atoms with Crippen LogP contribution in [0.25, 0.3) is 0 Å². The average Bonchev–Trinajstić information content (AvgIpc) is 2.95. The van der Waals surface area contributed by atoms with Crippen molar-refractivity contribution in [2.24, 2.45) is 11.7 Å². The van der Waals surface area contributed by atoms with Gasteiger partial charge in [0.15, 0.2) is 5.82 Å². The van der Waals surface area contributed by atoms with Crippen molar-refractivity contribution in [3.05, 3.63) is 11.7 Å². The van der Waals surface area contributed by atoms with Crippen molar-refractivity contribution in [2.45, 2.75) is 31.2 Å². The monoisotopic (exact) mass is 280 g/mol. The Morgan fingerprint density at radius 2 is 2.30 bits per heavy atom. The molecule has 0 spiro atoms. The number of methoxy groups -OCH3 is 1. The van der Waals surface area contributed by atoms with Crippen molar-refractivity contribution >= 4 is 5.97 Å². The minimum absolute atomic E-state index is 0.241. The molecule has 3 fully saturated rings. The SMILES string of the molecule is COC(=O)CCc1nc(C2(N)CN3CCC2CC3)no1. The first-order chi connectivity index (χ1) is 9.61. The van der Waals surface area contributed by atoms with Crippen molar-refractivity contribution in [3.63, 3.8) is 0 Å². The predicted octanol–water partition coefficient (Wildman–Crippen LogP) is 0.0548. The number of carbonyl (C=O) groups excluding carboxylic acids is 1. The summed E-state index contributed by atoms with van der Waals surface area (Å²) < 4.78 is 9.81. The highest BCUT2D eigenvalue weighted by atomic mass is 16.5. The van der Waals surface area contributed by atoms with Crippen LogP contribution >= 0.6 is 0 Å². The summed E-state index contributed by atoms with van der Waals surface area (Å²) in [5, 5.41) is 4.04. The van der Waals surface area contributed by atoms with Crippen LogP contribution in [0.15, 0.2) is 4.52 Å². The van der Waals surface area contributed by atoms with E-state index in [1.54, 1.807) is 0 Å². The molecule has 0 aliphatic carbocycles. The summed E-state index contributed by atoms with van der Waals surface area (Å²) in [5.74, 6) is 1.16. The molecule has 3 aliphatic heterocycles. The first-order valence-electron chi connectivity index (χ1n) is 7.03. The van der Waals surface area contributed by atoms with Crippen molar-refractivity contribution < 1.29 is 14.1 Å². The van der Waals surface area contributed by atoms with Crippen LogP contribution < -0.4 is 5.73 Å². The maximum absolute atomic E-state index is 11.1. The lowest BCUT2D eigenvalue weighted by Crippen LogP contribution is -2.62. The van der Waals surface area contributed by atoms with Crippen LogP contribution in [0.1, 0.15) is 31.0 Å². The van der Waals surface area contributed by atoms with Gasteiger partial charge >= 0.3 is 5.97 Å². The third-order valence-corrected chi connectivity index (χ3v) is 4.46. The van der Waals surface area contributed by atoms with Gasteiger partial charge in [0.05, 0.1) is 19.1 Å². The van der Waals surface area contributed by atoms with Crippen molar-refractivity contribution in [1.82, 2.24) is 15.0 Å². The molecular weight excluding hydrogens is 260 g/mol. The number of rotatable bonds is 4. The number of aromatic nitrogens is 2. The van der Waals surface area contributed by atoms with E-state index in [0.29, 0.717) is 24.1 Å². The largest absolute Gasteiger partial charge is 0.469 e. The zero-order valence-corrected chi connectivity index (χ0v) is 11.7. The Morgan fingerprint density at radius 1 is 1.55 bits per heavy atom. The highest BCUT2D eigenvalue weighted by Gasteiger charge is 2.48. The third kappa shape index (κ3) is 2.31. The number of nitrogens with zero attached hydrogens (tertiary/aromatic N) is 3. The van der Waals surface area contributed by atoms with E-state index in [2.05, 4.69) is 19.8 Å². The molecule has 4 rings (SSSR count). The highest BCUT2D eigenvalue weighted by molar-refractivity contribution is 5.69. The van der Waals surface area contributed by atoms with Gasteiger partial charge in [-0.2, -0.15) is 4.98 Å². The van der Waals surface area contributed by atoms with Gasteiger partial charge < -0.3 is 19.9 Å². The number of fused-ring (bicyclic) bond motifs is 3. The molecular formula is C13H20N4O3. The molecule has 1 aromatic rings. The van der Waals surface area contributed by atoms with Crippen LogP contribution in [0.5, 0.6) is 0 Å². The van der Waals surface area contributed by atoms with Crippen LogP contribution in [0.3, 0.4) is 0 Å². The molecule has 0 radical (unpaired) electrons. The van der Waals surface area contributed by atoms with Crippen molar-refractivity contribution in [2.75, 3.05) is 26.7 Å². The summed E-state index contributed by atoms with van der Waals surface area (Å²) in [6.45, 7) is 3.00. The van der Waals surface area contributed by atoms with Gasteiger partial charge in [0.25, 0.3) is 0 Å². The second kappa shape index (κ2) is 5.14. The van der Waals surface area contributed by atoms with Crippen LogP contribution in [-0.4, -0.2) is 47.8 Å². The van der Waals surface area contributed by atoms with Crippen LogP contribution in [-0.2, 0) is 21.5 Å². The van der Waals surface area contributed by atoms with E-state index in [9.17, 15) is 4.79 Å². The average molecular weight is 280 g/mol. The number of aryl methyl sites for hydroxylation is 1. The number of hydrogen-bond donors (Lipinski definition) is 1. The lowest BCUT2D eigenvalue weighted by Gasteiger charge is -2.49. The Bertz CT molecular complexity index is 496. The Hall–Kier alpha value is -1.47. The van der Waals surface area contributed by atoms with Gasteiger partial charge in [0, 0.05) is 13.0 Å². The highest BCUT2D eigenvalue weighted by Crippen LogP contribution is 2.39. The van der Waals surface area contributed by atoms with Gasteiger partial charge in [-0.25, -0.2) is 0 Å². The standard InChI is InChI=1S/C13H20N4O3/c1-19-11(18)3-2-10-15-12(16-20-10)13(14)8-17-6-4-9(13)5-7-17/h9H,2-8,14H2,1H3. The van der Waals surface area contributed by atoms with Crippen molar-refractivity contribution in [1.29, 1.82) is 0 Å². The topological polar surface area (TPSA) is 94.5 Å². The lowest BCUT2D eigenvalue weighted by atomic mass is 9.73. The molecule has 0 amide bonds. The minimum atomic E-state index is -0.510. The molecule has 1 atom stereocenters. The summed E-state index contributed by atoms with van der Waals surface area (Å²) in [6, 6.07) is 0. The van der Waals surface area contributed by atoms with E-state index in [0.717, 1.165) is 32.5 Å². The molecule has 4 heterocycles. The summed E-state index contributed by atoms with van der Waals surface area (Å²) >= 11 is 0. The Morgan fingerprint density at radius 3 is 2.90 bits per heavy atom. The lowest BCUT2D eigenvalue weighted by molar-refractivity contribution is -0.140. The fraction of sp³-hybridized carbons (Fsp3) is 0.769. The Labute approximate surface area is 117 Å². The van der Waals surface area contributed by atoms with Crippen LogP contribution in [0.4, 0.5) is 0 Å². The van der Waals surface area contributed by atoms with Gasteiger partial charge in [0.2, 0.25) is 5.89 Å². The third-order valence-electron chi connectivity index (χ3n) is 4.46. The number of ether oxygens (including phenoxy) is 1. The van der Waals surface area contributed by atoms with Crippen molar-refractivity contribution in [3.8, 4) is 0 Å². The second-order valence-electron chi connectivity index (χ2n) is 5.68. The smallest absolute Gasteiger partial charge is 0.306 e. The van der Waals surface area contributed by atoms with Crippen LogP contribution in [0.2, 0.25) is 0 Å². The number of esters is 1. The molecule has 110 valence electrons. The Balaban J connectivity index is 1.71. The molecule has 0 aromatic carbocycles. The van der Waals surface area contributed by atoms with Gasteiger partial charge in [-0.05, 0) is 31.8 Å². The van der Waals surface area contributed by atoms with E-state index in [-0.39, 0.29) is 12.4 Å². The first-order valence-corrected chi connectivity index (χ1v) is 7.03. The van der Waals surface area contributed by atoms with E-state index >= 15 is 0 Å². The van der Waals surface area contributed by atoms with Crippen LogP contribution in [0, 0.1) is 5.92 Å².